The molecule has 2 heterocycles. The second kappa shape index (κ2) is 5.79. The van der Waals surface area contributed by atoms with Crippen LogP contribution in [0.4, 0.5) is 0 Å². The Morgan fingerprint density at radius 1 is 1.26 bits per heavy atom. The van der Waals surface area contributed by atoms with E-state index in [0.29, 0.717) is 24.0 Å². The number of aliphatic hydroxyl groups excluding tert-OH is 1. The summed E-state index contributed by atoms with van der Waals surface area (Å²) in [5.74, 6) is 0.431. The molecule has 6 heteroatoms. The molecule has 2 rings (SSSR count). The third-order valence-corrected chi connectivity index (χ3v) is 2.81. The van der Waals surface area contributed by atoms with Crippen molar-refractivity contribution in [2.75, 3.05) is 7.11 Å². The zero-order valence-electron chi connectivity index (χ0n) is 11.3. The van der Waals surface area contributed by atoms with E-state index in [1.807, 2.05) is 16.9 Å². The van der Waals surface area contributed by atoms with Gasteiger partial charge in [0.2, 0.25) is 5.88 Å². The molecule has 0 aliphatic heterocycles. The van der Waals surface area contributed by atoms with Crippen LogP contribution in [0.25, 0.3) is 0 Å². The van der Waals surface area contributed by atoms with Crippen molar-refractivity contribution in [2.24, 2.45) is 0 Å². The smallest absolute Gasteiger partial charge is 0.233 e. The zero-order valence-corrected chi connectivity index (χ0v) is 11.3. The van der Waals surface area contributed by atoms with Gasteiger partial charge in [0.05, 0.1) is 18.5 Å². The first-order valence-corrected chi connectivity index (χ1v) is 6.20. The van der Waals surface area contributed by atoms with Crippen LogP contribution >= 0.6 is 0 Å². The molecule has 2 aromatic rings. The summed E-state index contributed by atoms with van der Waals surface area (Å²) < 4.78 is 6.79. The first-order chi connectivity index (χ1) is 9.10. The molecule has 1 unspecified atom stereocenters. The van der Waals surface area contributed by atoms with Crippen LogP contribution in [0.1, 0.15) is 37.4 Å². The first kappa shape index (κ1) is 13.5. The Morgan fingerprint density at radius 3 is 2.58 bits per heavy atom. The average molecular weight is 262 g/mol. The molecular weight excluding hydrogens is 244 g/mol. The van der Waals surface area contributed by atoms with E-state index < -0.39 is 6.10 Å². The first-order valence-electron chi connectivity index (χ1n) is 6.20. The van der Waals surface area contributed by atoms with Crippen LogP contribution in [0, 0.1) is 0 Å². The Balaban J connectivity index is 2.04. The highest BCUT2D eigenvalue weighted by atomic mass is 16.5. The molecule has 0 saturated carbocycles. The molecule has 0 aromatic carbocycles. The largest absolute Gasteiger partial charge is 0.480 e. The molecule has 0 saturated heterocycles. The summed E-state index contributed by atoms with van der Waals surface area (Å²) in [7, 11) is 1.53. The van der Waals surface area contributed by atoms with Crippen molar-refractivity contribution in [3.8, 4) is 5.88 Å². The molecule has 19 heavy (non-hydrogen) atoms. The van der Waals surface area contributed by atoms with Gasteiger partial charge in [-0.1, -0.05) is 0 Å². The fourth-order valence-corrected chi connectivity index (χ4v) is 1.69. The van der Waals surface area contributed by atoms with E-state index >= 15 is 0 Å². The lowest BCUT2D eigenvalue weighted by Gasteiger charge is -2.08. The normalized spacial score (nSPS) is 12.7. The van der Waals surface area contributed by atoms with E-state index in [-0.39, 0.29) is 0 Å². The van der Waals surface area contributed by atoms with Gasteiger partial charge >= 0.3 is 0 Å². The van der Waals surface area contributed by atoms with E-state index in [0.717, 1.165) is 5.69 Å². The predicted molar refractivity (Wildman–Crippen MR) is 69.9 cm³/mol. The average Bonchev–Trinajstić information content (AvgIpc) is 2.87. The second-order valence-corrected chi connectivity index (χ2v) is 4.60. The molecule has 0 aliphatic rings. The Kier molecular flexibility index (Phi) is 4.11. The monoisotopic (exact) mass is 262 g/mol. The molecular formula is C13H18N4O2. The summed E-state index contributed by atoms with van der Waals surface area (Å²) in [6.07, 6.45) is 1.61. The van der Waals surface area contributed by atoms with Gasteiger partial charge in [-0.25, -0.2) is 0 Å². The van der Waals surface area contributed by atoms with Gasteiger partial charge in [0.1, 0.15) is 6.10 Å². The van der Waals surface area contributed by atoms with E-state index in [9.17, 15) is 5.11 Å². The van der Waals surface area contributed by atoms with Gasteiger partial charge in [-0.3, -0.25) is 4.68 Å². The maximum Gasteiger partial charge on any atom is 0.233 e. The summed E-state index contributed by atoms with van der Waals surface area (Å²) >= 11 is 0. The number of hydrogen-bond acceptors (Lipinski definition) is 5. The van der Waals surface area contributed by atoms with E-state index in [1.54, 1.807) is 12.1 Å². The molecule has 0 amide bonds. The van der Waals surface area contributed by atoms with Crippen molar-refractivity contribution < 1.29 is 9.84 Å². The Bertz CT molecular complexity index is 522. The molecule has 2 aromatic heterocycles. The van der Waals surface area contributed by atoms with Gasteiger partial charge in [0, 0.05) is 24.7 Å². The molecule has 0 aliphatic carbocycles. The predicted octanol–water partition coefficient (Wildman–Crippen LogP) is 1.54. The van der Waals surface area contributed by atoms with Crippen LogP contribution < -0.4 is 4.74 Å². The number of aromatic nitrogens is 4. The highest BCUT2D eigenvalue weighted by Crippen LogP contribution is 2.16. The topological polar surface area (TPSA) is 73.1 Å². The van der Waals surface area contributed by atoms with Gasteiger partial charge < -0.3 is 9.84 Å². The maximum absolute atomic E-state index is 10.1. The van der Waals surface area contributed by atoms with Crippen LogP contribution in [0.15, 0.2) is 24.4 Å². The minimum absolute atomic E-state index is 0.312. The molecule has 0 fully saturated rings. The number of nitrogens with zero attached hydrogens (tertiary/aromatic N) is 4. The summed E-state index contributed by atoms with van der Waals surface area (Å²) in [5, 5.41) is 22.2. The lowest BCUT2D eigenvalue weighted by Crippen LogP contribution is -2.07. The quantitative estimate of drug-likeness (QED) is 0.884. The molecule has 1 atom stereocenters. The fourth-order valence-electron chi connectivity index (χ4n) is 1.69. The SMILES string of the molecule is COc1ccc(C(O)Cc2ccn(C(C)C)n2)nn1. The third kappa shape index (κ3) is 3.29. The van der Waals surface area contributed by atoms with Gasteiger partial charge in [-0.2, -0.15) is 5.10 Å². The molecule has 0 bridgehead atoms. The maximum atomic E-state index is 10.1. The number of ether oxygens (including phenoxy) is 1. The van der Waals surface area contributed by atoms with Crippen LogP contribution in [-0.2, 0) is 6.42 Å². The molecule has 0 spiro atoms. The van der Waals surface area contributed by atoms with Crippen molar-refractivity contribution in [3.63, 3.8) is 0 Å². The molecule has 102 valence electrons. The minimum Gasteiger partial charge on any atom is -0.480 e. The minimum atomic E-state index is -0.714. The van der Waals surface area contributed by atoms with Crippen molar-refractivity contribution >= 4 is 0 Å². The Morgan fingerprint density at radius 2 is 2.05 bits per heavy atom. The van der Waals surface area contributed by atoms with E-state index in [2.05, 4.69) is 29.1 Å². The number of methoxy groups -OCH3 is 1. The van der Waals surface area contributed by atoms with Crippen molar-refractivity contribution in [2.45, 2.75) is 32.4 Å². The Hall–Kier alpha value is -1.95. The zero-order chi connectivity index (χ0) is 13.8. The second-order valence-electron chi connectivity index (χ2n) is 4.60. The van der Waals surface area contributed by atoms with Crippen LogP contribution in [-0.4, -0.2) is 32.2 Å². The fraction of sp³-hybridized carbons (Fsp3) is 0.462. The van der Waals surface area contributed by atoms with Crippen LogP contribution in [0.3, 0.4) is 0 Å². The number of rotatable bonds is 5. The van der Waals surface area contributed by atoms with Gasteiger partial charge in [-0.15, -0.1) is 10.2 Å². The highest BCUT2D eigenvalue weighted by molar-refractivity contribution is 5.14. The Labute approximate surface area is 112 Å². The molecule has 1 N–H and O–H groups in total. The van der Waals surface area contributed by atoms with Crippen LogP contribution in [0.5, 0.6) is 5.88 Å². The summed E-state index contributed by atoms with van der Waals surface area (Å²) in [6.45, 7) is 4.12. The number of hydrogen-bond donors (Lipinski definition) is 1. The van der Waals surface area contributed by atoms with Gasteiger partial charge in [0.15, 0.2) is 0 Å². The molecule has 0 radical (unpaired) electrons. The van der Waals surface area contributed by atoms with E-state index in [4.69, 9.17) is 4.74 Å². The summed E-state index contributed by atoms with van der Waals surface area (Å²) in [4.78, 5) is 0. The van der Waals surface area contributed by atoms with Gasteiger partial charge in [-0.05, 0) is 26.0 Å². The lowest BCUT2D eigenvalue weighted by atomic mass is 10.1. The van der Waals surface area contributed by atoms with Gasteiger partial charge in [0.25, 0.3) is 0 Å². The van der Waals surface area contributed by atoms with Crippen molar-refractivity contribution in [1.82, 2.24) is 20.0 Å². The van der Waals surface area contributed by atoms with Crippen molar-refractivity contribution in [1.29, 1.82) is 0 Å². The lowest BCUT2D eigenvalue weighted by molar-refractivity contribution is 0.170. The number of aliphatic hydroxyl groups is 1. The standard InChI is InChI=1S/C13H18N4O2/c1-9(2)17-7-6-10(16-17)8-12(18)11-4-5-13(19-3)15-14-11/h4-7,9,12,18H,8H2,1-3H3. The van der Waals surface area contributed by atoms with Crippen molar-refractivity contribution in [3.05, 3.63) is 35.8 Å². The highest BCUT2D eigenvalue weighted by Gasteiger charge is 2.13. The summed E-state index contributed by atoms with van der Waals surface area (Å²) in [5.41, 5.74) is 1.35. The molecule has 6 nitrogen and oxygen atoms in total. The summed E-state index contributed by atoms with van der Waals surface area (Å²) in [6, 6.07) is 5.60. The van der Waals surface area contributed by atoms with Crippen LogP contribution in [0.2, 0.25) is 0 Å². The van der Waals surface area contributed by atoms with E-state index in [1.165, 1.54) is 7.11 Å². The third-order valence-electron chi connectivity index (χ3n) is 2.81.